The average Bonchev–Trinajstić information content (AvgIpc) is 2.45. The molecular weight excluding hydrogens is 285 g/mol. The molecule has 0 unspecified atom stereocenters. The van der Waals surface area contributed by atoms with Gasteiger partial charge in [0.25, 0.3) is 5.91 Å². The summed E-state index contributed by atoms with van der Waals surface area (Å²) < 4.78 is 44.6. The second-order valence-corrected chi connectivity index (χ2v) is 4.15. The molecule has 2 rings (SSSR count). The first-order valence-corrected chi connectivity index (χ1v) is 5.81. The van der Waals surface area contributed by atoms with Crippen LogP contribution >= 0.6 is 0 Å². The maximum Gasteiger partial charge on any atom is 0.257 e. The Morgan fingerprint density at radius 3 is 2.43 bits per heavy atom. The standard InChI is InChI=1S/C14H11F3N2O2/c1-21-7-2-3-9(15)13(4-7)19-14(20)8-5-10(16)11(17)6-12(8)18/h2-6H,18H2,1H3,(H,19,20). The van der Waals surface area contributed by atoms with E-state index in [1.807, 2.05) is 0 Å². The molecule has 7 heteroatoms. The number of methoxy groups -OCH3 is 1. The van der Waals surface area contributed by atoms with E-state index >= 15 is 0 Å². The van der Waals surface area contributed by atoms with Crippen molar-refractivity contribution < 1.29 is 22.7 Å². The molecule has 2 aromatic carbocycles. The predicted octanol–water partition coefficient (Wildman–Crippen LogP) is 2.95. The van der Waals surface area contributed by atoms with Gasteiger partial charge in [-0.15, -0.1) is 0 Å². The number of ether oxygens (including phenoxy) is 1. The summed E-state index contributed by atoms with van der Waals surface area (Å²) in [6.07, 6.45) is 0. The van der Waals surface area contributed by atoms with E-state index in [-0.39, 0.29) is 16.9 Å². The fraction of sp³-hybridized carbons (Fsp3) is 0.0714. The highest BCUT2D eigenvalue weighted by atomic mass is 19.2. The van der Waals surface area contributed by atoms with E-state index in [1.165, 1.54) is 19.2 Å². The Morgan fingerprint density at radius 2 is 1.76 bits per heavy atom. The zero-order valence-electron chi connectivity index (χ0n) is 10.9. The molecule has 0 radical (unpaired) electrons. The lowest BCUT2D eigenvalue weighted by Crippen LogP contribution is -2.16. The van der Waals surface area contributed by atoms with E-state index in [0.717, 1.165) is 6.07 Å². The van der Waals surface area contributed by atoms with Gasteiger partial charge in [0.15, 0.2) is 11.6 Å². The maximum atomic E-state index is 13.6. The van der Waals surface area contributed by atoms with Crippen LogP contribution in [0.1, 0.15) is 10.4 Å². The number of halogens is 3. The molecule has 110 valence electrons. The molecule has 1 amide bonds. The van der Waals surface area contributed by atoms with E-state index in [1.54, 1.807) is 0 Å². The van der Waals surface area contributed by atoms with Gasteiger partial charge >= 0.3 is 0 Å². The smallest absolute Gasteiger partial charge is 0.257 e. The number of nitrogens with two attached hydrogens (primary N) is 1. The van der Waals surface area contributed by atoms with E-state index in [0.29, 0.717) is 17.9 Å². The van der Waals surface area contributed by atoms with Crippen LogP contribution in [0.4, 0.5) is 24.5 Å². The minimum Gasteiger partial charge on any atom is -0.497 e. The third kappa shape index (κ3) is 3.07. The lowest BCUT2D eigenvalue weighted by Gasteiger charge is -2.10. The van der Waals surface area contributed by atoms with E-state index in [2.05, 4.69) is 5.32 Å². The summed E-state index contributed by atoms with van der Waals surface area (Å²) in [5.74, 6) is -3.63. The average molecular weight is 296 g/mol. The number of anilines is 2. The first kappa shape index (κ1) is 14.7. The van der Waals surface area contributed by atoms with Gasteiger partial charge in [0.05, 0.1) is 18.4 Å². The fourth-order valence-electron chi connectivity index (χ4n) is 1.68. The van der Waals surface area contributed by atoms with Crippen molar-refractivity contribution in [1.29, 1.82) is 0 Å². The highest BCUT2D eigenvalue weighted by Crippen LogP contribution is 2.23. The monoisotopic (exact) mass is 296 g/mol. The Bertz CT molecular complexity index is 705. The van der Waals surface area contributed by atoms with Crippen molar-refractivity contribution in [1.82, 2.24) is 0 Å². The Kier molecular flexibility index (Phi) is 4.02. The first-order chi connectivity index (χ1) is 9.92. The molecule has 0 atom stereocenters. The quantitative estimate of drug-likeness (QED) is 0.856. The van der Waals surface area contributed by atoms with Crippen LogP contribution in [0.2, 0.25) is 0 Å². The molecule has 0 aliphatic heterocycles. The zero-order valence-corrected chi connectivity index (χ0v) is 10.9. The van der Waals surface area contributed by atoms with E-state index in [4.69, 9.17) is 10.5 Å². The molecule has 4 nitrogen and oxygen atoms in total. The van der Waals surface area contributed by atoms with E-state index < -0.39 is 23.4 Å². The highest BCUT2D eigenvalue weighted by Gasteiger charge is 2.16. The van der Waals surface area contributed by atoms with Gasteiger partial charge in [-0.05, 0) is 18.2 Å². The SMILES string of the molecule is COc1ccc(F)c(NC(=O)c2cc(F)c(F)cc2N)c1. The van der Waals surface area contributed by atoms with Crippen molar-refractivity contribution >= 4 is 17.3 Å². The predicted molar refractivity (Wildman–Crippen MR) is 71.7 cm³/mol. The molecule has 21 heavy (non-hydrogen) atoms. The normalized spacial score (nSPS) is 10.3. The summed E-state index contributed by atoms with van der Waals surface area (Å²) in [5.41, 5.74) is 4.74. The highest BCUT2D eigenvalue weighted by molar-refractivity contribution is 6.07. The minimum atomic E-state index is -1.22. The number of hydrogen-bond donors (Lipinski definition) is 2. The number of carbonyl (C=O) groups excluding carboxylic acids is 1. The Labute approximate surface area is 118 Å². The topological polar surface area (TPSA) is 64.3 Å². The second-order valence-electron chi connectivity index (χ2n) is 4.15. The molecule has 0 saturated heterocycles. The van der Waals surface area contributed by atoms with Crippen LogP contribution in [0.5, 0.6) is 5.75 Å². The summed E-state index contributed by atoms with van der Waals surface area (Å²) >= 11 is 0. The Hall–Kier alpha value is -2.70. The molecule has 0 aromatic heterocycles. The van der Waals surface area contributed by atoms with Gasteiger partial charge < -0.3 is 15.8 Å². The van der Waals surface area contributed by atoms with E-state index in [9.17, 15) is 18.0 Å². The Morgan fingerprint density at radius 1 is 1.10 bits per heavy atom. The largest absolute Gasteiger partial charge is 0.497 e. The molecule has 2 aromatic rings. The number of hydrogen-bond acceptors (Lipinski definition) is 3. The van der Waals surface area contributed by atoms with Crippen LogP contribution in [0.15, 0.2) is 30.3 Å². The lowest BCUT2D eigenvalue weighted by molar-refractivity contribution is 0.102. The first-order valence-electron chi connectivity index (χ1n) is 5.81. The van der Waals surface area contributed by atoms with Crippen molar-refractivity contribution in [3.8, 4) is 5.75 Å². The molecule has 0 heterocycles. The molecule has 0 bridgehead atoms. The molecule has 3 N–H and O–H groups in total. The van der Waals surface area contributed by atoms with Gasteiger partial charge in [0, 0.05) is 17.8 Å². The van der Waals surface area contributed by atoms with Crippen LogP contribution in [0.3, 0.4) is 0 Å². The van der Waals surface area contributed by atoms with Gasteiger partial charge in [-0.25, -0.2) is 13.2 Å². The molecule has 0 aliphatic carbocycles. The molecule has 0 aliphatic rings. The molecule has 0 spiro atoms. The van der Waals surface area contributed by atoms with Crippen LogP contribution in [-0.4, -0.2) is 13.0 Å². The fourth-order valence-corrected chi connectivity index (χ4v) is 1.68. The molecular formula is C14H11F3N2O2. The van der Waals surface area contributed by atoms with Crippen LogP contribution in [-0.2, 0) is 0 Å². The van der Waals surface area contributed by atoms with Gasteiger partial charge in [-0.2, -0.15) is 0 Å². The maximum absolute atomic E-state index is 13.6. The van der Waals surface area contributed by atoms with Crippen molar-refractivity contribution in [2.75, 3.05) is 18.2 Å². The molecule has 0 fully saturated rings. The number of rotatable bonds is 3. The summed E-state index contributed by atoms with van der Waals surface area (Å²) in [7, 11) is 1.38. The van der Waals surface area contributed by atoms with Crippen molar-refractivity contribution in [3.63, 3.8) is 0 Å². The summed E-state index contributed by atoms with van der Waals surface area (Å²) in [4.78, 5) is 12.0. The summed E-state index contributed by atoms with van der Waals surface area (Å²) in [6.45, 7) is 0. The molecule has 0 saturated carbocycles. The zero-order chi connectivity index (χ0) is 15.6. The van der Waals surface area contributed by atoms with Crippen LogP contribution in [0.25, 0.3) is 0 Å². The lowest BCUT2D eigenvalue weighted by atomic mass is 10.1. The summed E-state index contributed by atoms with van der Waals surface area (Å²) in [6, 6.07) is 5.06. The number of nitrogens with one attached hydrogen (secondary N) is 1. The number of benzene rings is 2. The van der Waals surface area contributed by atoms with Gasteiger partial charge in [0.1, 0.15) is 11.6 Å². The van der Waals surface area contributed by atoms with Crippen molar-refractivity contribution in [2.45, 2.75) is 0 Å². The number of carbonyl (C=O) groups is 1. The van der Waals surface area contributed by atoms with Gasteiger partial charge in [0.2, 0.25) is 0 Å². The van der Waals surface area contributed by atoms with Gasteiger partial charge in [-0.3, -0.25) is 4.79 Å². The summed E-state index contributed by atoms with van der Waals surface area (Å²) in [5, 5.41) is 2.23. The van der Waals surface area contributed by atoms with Gasteiger partial charge in [-0.1, -0.05) is 0 Å². The minimum absolute atomic E-state index is 0.163. The third-order valence-corrected chi connectivity index (χ3v) is 2.76. The number of amides is 1. The number of nitrogen functional groups attached to an aromatic ring is 1. The third-order valence-electron chi connectivity index (χ3n) is 2.76. The van der Waals surface area contributed by atoms with Crippen LogP contribution < -0.4 is 15.8 Å². The van der Waals surface area contributed by atoms with Crippen LogP contribution in [0, 0.1) is 17.5 Å². The van der Waals surface area contributed by atoms with Crippen molar-refractivity contribution in [3.05, 3.63) is 53.3 Å². The second kappa shape index (κ2) is 5.74. The van der Waals surface area contributed by atoms with Crippen molar-refractivity contribution in [2.24, 2.45) is 0 Å². The Balaban J connectivity index is 2.32.